The summed E-state index contributed by atoms with van der Waals surface area (Å²) in [5.41, 5.74) is 2.28. The highest BCUT2D eigenvalue weighted by Crippen LogP contribution is 2.40. The Kier molecular flexibility index (Phi) is 8.06. The van der Waals surface area contributed by atoms with Crippen LogP contribution in [0.5, 0.6) is 11.5 Å². The lowest BCUT2D eigenvalue weighted by Crippen LogP contribution is -2.31. The summed E-state index contributed by atoms with van der Waals surface area (Å²) >= 11 is 0. The van der Waals surface area contributed by atoms with Crippen molar-refractivity contribution in [3.63, 3.8) is 0 Å². The average Bonchev–Trinajstić information content (AvgIpc) is 3.17. The highest BCUT2D eigenvalue weighted by molar-refractivity contribution is 6.46. The van der Waals surface area contributed by atoms with Gasteiger partial charge in [0.25, 0.3) is 11.7 Å². The van der Waals surface area contributed by atoms with Crippen molar-refractivity contribution in [2.75, 3.05) is 20.3 Å². The van der Waals surface area contributed by atoms with Gasteiger partial charge in [-0.2, -0.15) is 0 Å². The topological polar surface area (TPSA) is 76.1 Å². The van der Waals surface area contributed by atoms with Crippen molar-refractivity contribution >= 4 is 17.4 Å². The molecule has 6 nitrogen and oxygen atoms in total. The van der Waals surface area contributed by atoms with Crippen LogP contribution in [0, 0.1) is 0 Å². The van der Waals surface area contributed by atoms with Crippen molar-refractivity contribution in [1.29, 1.82) is 0 Å². The first-order valence-electron chi connectivity index (χ1n) is 12.2. The van der Waals surface area contributed by atoms with Crippen molar-refractivity contribution in [3.8, 4) is 11.5 Å². The highest BCUT2D eigenvalue weighted by atomic mass is 16.5. The van der Waals surface area contributed by atoms with E-state index < -0.39 is 17.7 Å². The number of benzene rings is 3. The largest absolute Gasteiger partial charge is 0.507 e. The predicted molar refractivity (Wildman–Crippen MR) is 139 cm³/mol. The van der Waals surface area contributed by atoms with Gasteiger partial charge in [-0.15, -0.1) is 0 Å². The van der Waals surface area contributed by atoms with E-state index in [0.29, 0.717) is 30.9 Å². The molecule has 1 atom stereocenters. The summed E-state index contributed by atoms with van der Waals surface area (Å²) in [5.74, 6) is -0.272. The Hall–Kier alpha value is -4.06. The second-order valence-electron chi connectivity index (χ2n) is 8.73. The minimum absolute atomic E-state index is 0.0703. The fraction of sp³-hybridized carbons (Fsp3) is 0.267. The number of amides is 1. The predicted octanol–water partition coefficient (Wildman–Crippen LogP) is 5.54. The van der Waals surface area contributed by atoms with Gasteiger partial charge in [-0.25, -0.2) is 0 Å². The molecule has 0 saturated carbocycles. The number of carbonyl (C=O) groups excluding carboxylic acids is 2. The van der Waals surface area contributed by atoms with Gasteiger partial charge in [-0.3, -0.25) is 9.59 Å². The van der Waals surface area contributed by atoms with Gasteiger partial charge in [0.15, 0.2) is 0 Å². The molecule has 1 aliphatic rings. The van der Waals surface area contributed by atoms with Crippen LogP contribution in [0.15, 0.2) is 84.4 Å². The van der Waals surface area contributed by atoms with E-state index in [-0.39, 0.29) is 11.3 Å². The standard InChI is InChI=1S/C30H31NO5/c1-3-4-19-36-24-15-13-22(14-16-24)27-26(28(32)23-11-8-12-25(20-23)35-2)29(33)30(34)31(27)18-17-21-9-6-5-7-10-21/h5-16,20,27,32H,3-4,17-19H2,1-2H3/b28-26+. The van der Waals surface area contributed by atoms with E-state index in [2.05, 4.69) is 6.92 Å². The summed E-state index contributed by atoms with van der Waals surface area (Å²) < 4.78 is 11.1. The molecule has 1 fully saturated rings. The molecule has 0 spiro atoms. The van der Waals surface area contributed by atoms with Crippen LogP contribution in [0.25, 0.3) is 5.76 Å². The van der Waals surface area contributed by atoms with E-state index >= 15 is 0 Å². The molecule has 0 radical (unpaired) electrons. The van der Waals surface area contributed by atoms with Crippen LogP contribution in [0.4, 0.5) is 0 Å². The van der Waals surface area contributed by atoms with Gasteiger partial charge < -0.3 is 19.5 Å². The molecule has 6 heteroatoms. The number of nitrogens with zero attached hydrogens (tertiary/aromatic N) is 1. The van der Waals surface area contributed by atoms with E-state index in [0.717, 1.165) is 29.7 Å². The molecule has 3 aromatic rings. The molecule has 1 aliphatic heterocycles. The summed E-state index contributed by atoms with van der Waals surface area (Å²) in [4.78, 5) is 28.0. The average molecular weight is 486 g/mol. The van der Waals surface area contributed by atoms with Gasteiger partial charge in [0, 0.05) is 12.1 Å². The lowest BCUT2D eigenvalue weighted by Gasteiger charge is -2.25. The van der Waals surface area contributed by atoms with E-state index in [9.17, 15) is 14.7 Å². The van der Waals surface area contributed by atoms with Crippen molar-refractivity contribution in [1.82, 2.24) is 4.90 Å². The second kappa shape index (κ2) is 11.6. The number of aliphatic hydroxyl groups excluding tert-OH is 1. The molecule has 0 aliphatic carbocycles. The fourth-order valence-corrected chi connectivity index (χ4v) is 4.36. The Morgan fingerprint density at radius 1 is 0.944 bits per heavy atom. The lowest BCUT2D eigenvalue weighted by molar-refractivity contribution is -0.139. The molecule has 1 heterocycles. The summed E-state index contributed by atoms with van der Waals surface area (Å²) in [7, 11) is 1.53. The lowest BCUT2D eigenvalue weighted by atomic mass is 9.95. The van der Waals surface area contributed by atoms with Crippen LogP contribution in [0.3, 0.4) is 0 Å². The number of hydrogen-bond donors (Lipinski definition) is 1. The third-order valence-corrected chi connectivity index (χ3v) is 6.33. The maximum atomic E-state index is 13.3. The van der Waals surface area contributed by atoms with Gasteiger partial charge in [0.1, 0.15) is 17.3 Å². The Balaban J connectivity index is 1.73. The van der Waals surface area contributed by atoms with Crippen LogP contribution in [-0.2, 0) is 16.0 Å². The summed E-state index contributed by atoms with van der Waals surface area (Å²) in [6, 6.07) is 23.3. The Labute approximate surface area is 211 Å². The van der Waals surface area contributed by atoms with E-state index in [4.69, 9.17) is 9.47 Å². The number of rotatable bonds is 10. The van der Waals surface area contributed by atoms with Gasteiger partial charge in [-0.05, 0) is 48.2 Å². The van der Waals surface area contributed by atoms with Crippen LogP contribution in [0.2, 0.25) is 0 Å². The van der Waals surface area contributed by atoms with Crippen LogP contribution < -0.4 is 9.47 Å². The number of ether oxygens (including phenoxy) is 2. The van der Waals surface area contributed by atoms with Crippen molar-refractivity contribution in [2.24, 2.45) is 0 Å². The summed E-state index contributed by atoms with van der Waals surface area (Å²) in [6.45, 7) is 3.07. The molecule has 3 aromatic carbocycles. The first kappa shape index (κ1) is 25.0. The Morgan fingerprint density at radius 3 is 2.39 bits per heavy atom. The third kappa shape index (κ3) is 5.43. The fourth-order valence-electron chi connectivity index (χ4n) is 4.36. The summed E-state index contributed by atoms with van der Waals surface area (Å²) in [6.07, 6.45) is 2.59. The van der Waals surface area contributed by atoms with Gasteiger partial charge in [0.2, 0.25) is 0 Å². The number of ketones is 1. The molecule has 1 amide bonds. The molecule has 1 saturated heterocycles. The third-order valence-electron chi connectivity index (χ3n) is 6.33. The SMILES string of the molecule is CCCCOc1ccc(C2/C(=C(\O)c3cccc(OC)c3)C(=O)C(=O)N2CCc2ccccc2)cc1. The molecular formula is C30H31NO5. The molecule has 36 heavy (non-hydrogen) atoms. The van der Waals surface area contributed by atoms with E-state index in [1.165, 1.54) is 7.11 Å². The Bertz CT molecular complexity index is 1230. The quantitative estimate of drug-likeness (QED) is 0.177. The van der Waals surface area contributed by atoms with Crippen molar-refractivity contribution in [2.45, 2.75) is 32.2 Å². The zero-order valence-corrected chi connectivity index (χ0v) is 20.6. The van der Waals surface area contributed by atoms with Gasteiger partial charge in [-0.1, -0.05) is 67.9 Å². The second-order valence-corrected chi connectivity index (χ2v) is 8.73. The molecule has 186 valence electrons. The zero-order valence-electron chi connectivity index (χ0n) is 20.6. The number of likely N-dealkylation sites (tertiary alicyclic amines) is 1. The number of hydrogen-bond acceptors (Lipinski definition) is 5. The minimum Gasteiger partial charge on any atom is -0.507 e. The number of methoxy groups -OCH3 is 1. The number of aliphatic hydroxyl groups is 1. The molecule has 1 N–H and O–H groups in total. The molecular weight excluding hydrogens is 454 g/mol. The molecule has 0 bridgehead atoms. The first-order chi connectivity index (χ1) is 17.5. The zero-order chi connectivity index (χ0) is 25.5. The van der Waals surface area contributed by atoms with Gasteiger partial charge in [0.05, 0.1) is 25.3 Å². The van der Waals surface area contributed by atoms with Crippen LogP contribution in [0.1, 0.15) is 42.5 Å². The van der Waals surface area contributed by atoms with E-state index in [1.807, 2.05) is 54.6 Å². The van der Waals surface area contributed by atoms with Crippen LogP contribution in [-0.4, -0.2) is 42.0 Å². The normalized spacial score (nSPS) is 16.8. The number of unbranched alkanes of at least 4 members (excludes halogenated alkanes) is 1. The van der Waals surface area contributed by atoms with Crippen molar-refractivity contribution < 1.29 is 24.2 Å². The number of Topliss-reactive ketones (excluding diaryl/α,β-unsaturated/α-hetero) is 1. The molecule has 0 aromatic heterocycles. The minimum atomic E-state index is -0.718. The molecule has 4 rings (SSSR count). The monoisotopic (exact) mass is 485 g/mol. The van der Waals surface area contributed by atoms with E-state index in [1.54, 1.807) is 29.2 Å². The van der Waals surface area contributed by atoms with Crippen LogP contribution >= 0.6 is 0 Å². The molecule has 1 unspecified atom stereocenters. The number of carbonyl (C=O) groups is 2. The summed E-state index contributed by atoms with van der Waals surface area (Å²) in [5, 5.41) is 11.3. The maximum Gasteiger partial charge on any atom is 0.295 e. The van der Waals surface area contributed by atoms with Gasteiger partial charge >= 0.3 is 0 Å². The first-order valence-corrected chi connectivity index (χ1v) is 12.2. The highest BCUT2D eigenvalue weighted by Gasteiger charge is 2.45. The Morgan fingerprint density at radius 2 is 1.69 bits per heavy atom. The van der Waals surface area contributed by atoms with Crippen molar-refractivity contribution in [3.05, 3.63) is 101 Å². The maximum absolute atomic E-state index is 13.3. The smallest absolute Gasteiger partial charge is 0.295 e.